The lowest BCUT2D eigenvalue weighted by molar-refractivity contribution is -0.167. The van der Waals surface area contributed by atoms with Gasteiger partial charge in [-0.05, 0) is 103 Å². The van der Waals surface area contributed by atoms with Crippen LogP contribution in [0.1, 0.15) is 271 Å². The van der Waals surface area contributed by atoms with Gasteiger partial charge in [0.2, 0.25) is 0 Å². The fourth-order valence-corrected chi connectivity index (χ4v) is 7.54. The quantitative estimate of drug-likeness (QED) is 0.0262. The van der Waals surface area contributed by atoms with Gasteiger partial charge in [-0.2, -0.15) is 0 Å². The summed E-state index contributed by atoms with van der Waals surface area (Å²) in [6, 6.07) is 0. The molecule has 0 saturated heterocycles. The normalized spacial score (nSPS) is 12.5. The van der Waals surface area contributed by atoms with E-state index in [9.17, 15) is 14.4 Å². The summed E-state index contributed by atoms with van der Waals surface area (Å²) in [5.41, 5.74) is 0. The van der Waals surface area contributed by atoms with Gasteiger partial charge in [-0.25, -0.2) is 0 Å². The Balaban J connectivity index is 4.40. The number of hydrogen-bond donors (Lipinski definition) is 0. The number of hydrogen-bond acceptors (Lipinski definition) is 6. The van der Waals surface area contributed by atoms with Crippen molar-refractivity contribution in [2.24, 2.45) is 0 Å². The lowest BCUT2D eigenvalue weighted by atomic mass is 10.1. The molecule has 1 atom stereocenters. The monoisotopic (exact) mass is 895 g/mol. The van der Waals surface area contributed by atoms with Crippen LogP contribution in [0.4, 0.5) is 0 Å². The van der Waals surface area contributed by atoms with Gasteiger partial charge in [0.25, 0.3) is 0 Å². The van der Waals surface area contributed by atoms with Crippen LogP contribution >= 0.6 is 0 Å². The van der Waals surface area contributed by atoms with Crippen molar-refractivity contribution < 1.29 is 28.6 Å². The summed E-state index contributed by atoms with van der Waals surface area (Å²) in [4.78, 5) is 38.1. The first kappa shape index (κ1) is 61.1. The summed E-state index contributed by atoms with van der Waals surface area (Å²) in [6.45, 7) is 6.55. The Bertz CT molecular complexity index is 1170. The molecule has 0 aliphatic heterocycles. The zero-order valence-electron chi connectivity index (χ0n) is 42.3. The third-order valence-electron chi connectivity index (χ3n) is 11.7. The van der Waals surface area contributed by atoms with Gasteiger partial charge < -0.3 is 14.2 Å². The highest BCUT2D eigenvalue weighted by Gasteiger charge is 2.19. The molecule has 0 bridgehead atoms. The molecule has 0 aromatic rings. The van der Waals surface area contributed by atoms with Crippen molar-refractivity contribution in [1.82, 2.24) is 0 Å². The minimum absolute atomic E-state index is 0.0841. The summed E-state index contributed by atoms with van der Waals surface area (Å²) in [6.07, 6.45) is 64.8. The van der Waals surface area contributed by atoms with Crippen molar-refractivity contribution in [2.75, 3.05) is 13.2 Å². The molecule has 0 heterocycles. The molecule has 0 radical (unpaired) electrons. The molecule has 0 saturated carbocycles. The third-order valence-corrected chi connectivity index (χ3v) is 11.7. The molecule has 0 spiro atoms. The number of esters is 3. The molecule has 64 heavy (non-hydrogen) atoms. The maximum absolute atomic E-state index is 12.8. The van der Waals surface area contributed by atoms with Crippen molar-refractivity contribution in [2.45, 2.75) is 277 Å². The highest BCUT2D eigenvalue weighted by molar-refractivity contribution is 5.71. The molecule has 0 aromatic carbocycles. The first-order valence-corrected chi connectivity index (χ1v) is 27.3. The van der Waals surface area contributed by atoms with Crippen molar-refractivity contribution in [3.05, 3.63) is 60.8 Å². The van der Waals surface area contributed by atoms with Crippen LogP contribution in [0.2, 0.25) is 0 Å². The number of ether oxygens (including phenoxy) is 3. The van der Waals surface area contributed by atoms with Crippen LogP contribution < -0.4 is 0 Å². The fraction of sp³-hybridized carbons (Fsp3) is 0.776. The van der Waals surface area contributed by atoms with E-state index in [1.165, 1.54) is 141 Å². The van der Waals surface area contributed by atoms with Gasteiger partial charge >= 0.3 is 17.9 Å². The van der Waals surface area contributed by atoms with Crippen LogP contribution in [0.5, 0.6) is 0 Å². The van der Waals surface area contributed by atoms with Crippen molar-refractivity contribution >= 4 is 17.9 Å². The van der Waals surface area contributed by atoms with E-state index in [1.807, 2.05) is 0 Å². The molecule has 6 heteroatoms. The number of carbonyl (C=O) groups is 3. The van der Waals surface area contributed by atoms with Gasteiger partial charge in [-0.15, -0.1) is 0 Å². The van der Waals surface area contributed by atoms with E-state index in [4.69, 9.17) is 14.2 Å². The first-order chi connectivity index (χ1) is 31.5. The topological polar surface area (TPSA) is 78.9 Å². The minimum atomic E-state index is -0.785. The van der Waals surface area contributed by atoms with Gasteiger partial charge in [-0.3, -0.25) is 14.4 Å². The highest BCUT2D eigenvalue weighted by Crippen LogP contribution is 2.15. The van der Waals surface area contributed by atoms with E-state index in [1.54, 1.807) is 0 Å². The average molecular weight is 895 g/mol. The van der Waals surface area contributed by atoms with Crippen LogP contribution in [0.25, 0.3) is 0 Å². The molecule has 0 unspecified atom stereocenters. The Morgan fingerprint density at radius 3 is 0.953 bits per heavy atom. The van der Waals surface area contributed by atoms with E-state index >= 15 is 0 Å². The molecule has 0 aliphatic rings. The summed E-state index contributed by atoms with van der Waals surface area (Å²) in [5.74, 6) is -0.903. The molecule has 0 rings (SSSR count). The molecule has 370 valence electrons. The molecular weight excluding hydrogens is 793 g/mol. The third kappa shape index (κ3) is 50.1. The fourth-order valence-electron chi connectivity index (χ4n) is 7.54. The molecule has 6 nitrogen and oxygen atoms in total. The van der Waals surface area contributed by atoms with Gasteiger partial charge in [0.1, 0.15) is 13.2 Å². The predicted octanol–water partition coefficient (Wildman–Crippen LogP) is 18.0. The Hall–Kier alpha value is -2.89. The first-order valence-electron chi connectivity index (χ1n) is 27.3. The SMILES string of the molecule is CCCC/C=C/C/C=C/CCCCCCCC(=O)OC[C@H](COC(=O)CCCCCCCCC/C=C/C/C=C/CCCCC)OC(=O)CCCCCCCCC/C=C/CCCCCC. The standard InChI is InChI=1S/C58H102O6/c1-4-7-10-13-16-19-22-25-28-29-31-33-36-39-42-45-48-51-57(60)63-54-55(53-62-56(59)50-47-44-41-38-35-32-27-24-21-18-15-12-9-6-3)64-58(61)52-49-46-43-40-37-34-30-26-23-20-17-14-11-8-5-2/h15-16,18-20,23-25,27-28,55H,4-14,17,21-22,26,29-54H2,1-3H3/b18-15+,19-16+,23-20+,27-24+,28-25+/t55-/m1/s1. The Labute approximate surface area is 396 Å². The van der Waals surface area contributed by atoms with Crippen LogP contribution in [0.15, 0.2) is 60.8 Å². The zero-order chi connectivity index (χ0) is 46.5. The summed E-state index contributed by atoms with van der Waals surface area (Å²) >= 11 is 0. The number of unbranched alkanes of at least 4 members (excludes halogenated alkanes) is 28. The van der Waals surface area contributed by atoms with Gasteiger partial charge in [-0.1, -0.05) is 210 Å². The van der Waals surface area contributed by atoms with Crippen molar-refractivity contribution in [1.29, 1.82) is 0 Å². The lowest BCUT2D eigenvalue weighted by Gasteiger charge is -2.18. The maximum atomic E-state index is 12.8. The molecule has 0 amide bonds. The second-order valence-electron chi connectivity index (χ2n) is 18.1. The van der Waals surface area contributed by atoms with Gasteiger partial charge in [0.05, 0.1) is 0 Å². The zero-order valence-corrected chi connectivity index (χ0v) is 42.3. The Morgan fingerprint density at radius 2 is 0.578 bits per heavy atom. The summed E-state index contributed by atoms with van der Waals surface area (Å²) in [7, 11) is 0. The van der Waals surface area contributed by atoms with Crippen LogP contribution in [-0.2, 0) is 28.6 Å². The smallest absolute Gasteiger partial charge is 0.306 e. The number of rotatable bonds is 49. The van der Waals surface area contributed by atoms with Crippen molar-refractivity contribution in [3.8, 4) is 0 Å². The van der Waals surface area contributed by atoms with E-state index in [2.05, 4.69) is 81.5 Å². The van der Waals surface area contributed by atoms with E-state index in [0.717, 1.165) is 89.9 Å². The minimum Gasteiger partial charge on any atom is -0.462 e. The van der Waals surface area contributed by atoms with E-state index in [0.29, 0.717) is 19.3 Å². The van der Waals surface area contributed by atoms with Gasteiger partial charge in [0, 0.05) is 19.3 Å². The average Bonchev–Trinajstić information content (AvgIpc) is 3.29. The Morgan fingerprint density at radius 1 is 0.312 bits per heavy atom. The second-order valence-corrected chi connectivity index (χ2v) is 18.1. The van der Waals surface area contributed by atoms with E-state index in [-0.39, 0.29) is 31.1 Å². The summed E-state index contributed by atoms with van der Waals surface area (Å²) in [5, 5.41) is 0. The van der Waals surface area contributed by atoms with Crippen LogP contribution in [-0.4, -0.2) is 37.2 Å². The van der Waals surface area contributed by atoms with Gasteiger partial charge in [0.15, 0.2) is 6.10 Å². The molecule has 0 aromatic heterocycles. The van der Waals surface area contributed by atoms with Crippen LogP contribution in [0.3, 0.4) is 0 Å². The molecule has 0 aliphatic carbocycles. The van der Waals surface area contributed by atoms with E-state index < -0.39 is 6.10 Å². The second kappa shape index (κ2) is 52.7. The molecular formula is C58H102O6. The highest BCUT2D eigenvalue weighted by atomic mass is 16.6. The Kier molecular flexibility index (Phi) is 50.4. The lowest BCUT2D eigenvalue weighted by Crippen LogP contribution is -2.30. The predicted molar refractivity (Wildman–Crippen MR) is 275 cm³/mol. The maximum Gasteiger partial charge on any atom is 0.306 e. The summed E-state index contributed by atoms with van der Waals surface area (Å²) < 4.78 is 16.8. The number of allylic oxidation sites excluding steroid dienone is 10. The molecule has 0 fully saturated rings. The molecule has 0 N–H and O–H groups in total. The number of carbonyl (C=O) groups excluding carboxylic acids is 3. The van der Waals surface area contributed by atoms with Crippen molar-refractivity contribution in [3.63, 3.8) is 0 Å². The largest absolute Gasteiger partial charge is 0.462 e. The van der Waals surface area contributed by atoms with Crippen LogP contribution in [0, 0.1) is 0 Å².